The lowest BCUT2D eigenvalue weighted by molar-refractivity contribution is 0.671. The van der Waals surface area contributed by atoms with E-state index >= 15 is 0 Å². The SMILES string of the molecule is c1ccc(-n2c3ccccc3c3c4c5ccccc5n(-c5ccc6c7ccccc7c7ccccc7c6c5)c4c4oc5ccccc5c4c32)cc1. The molecule has 0 unspecified atom stereocenters. The van der Waals surface area contributed by atoms with Crippen molar-refractivity contribution in [2.75, 3.05) is 0 Å². The Morgan fingerprint density at radius 3 is 1.43 bits per heavy atom. The molecule has 3 heterocycles. The Kier molecular flexibility index (Phi) is 5.23. The Balaban J connectivity index is 1.34. The molecule has 0 spiro atoms. The van der Waals surface area contributed by atoms with Crippen LogP contribution in [0.4, 0.5) is 0 Å². The smallest absolute Gasteiger partial charge is 0.162 e. The number of furan rings is 1. The Morgan fingerprint density at radius 1 is 0.314 bits per heavy atom. The first-order valence-electron chi connectivity index (χ1n) is 17.5. The highest BCUT2D eigenvalue weighted by molar-refractivity contribution is 6.39. The molecule has 3 nitrogen and oxygen atoms in total. The van der Waals surface area contributed by atoms with Crippen LogP contribution in [0.1, 0.15) is 0 Å². The number of rotatable bonds is 2. The standard InChI is InChI=1S/C48H28N2O/c1-2-14-29(15-3-1)49-40-23-11-8-20-36(40)43-44-37-21-9-12-24-41(37)50(47(44)48-45(46(43)49)38-22-10-13-25-42(38)51-48)30-26-27-35-33-18-5-4-16-31(33)32-17-6-7-19-34(32)39(35)28-30/h1-28H. The van der Waals surface area contributed by atoms with E-state index in [1.54, 1.807) is 0 Å². The molecule has 0 aliphatic heterocycles. The number of para-hydroxylation sites is 4. The molecule has 9 aromatic carbocycles. The summed E-state index contributed by atoms with van der Waals surface area (Å²) in [7, 11) is 0. The molecule has 236 valence electrons. The summed E-state index contributed by atoms with van der Waals surface area (Å²) >= 11 is 0. The zero-order valence-electron chi connectivity index (χ0n) is 27.5. The molecule has 0 saturated carbocycles. The maximum absolute atomic E-state index is 7.03. The minimum Gasteiger partial charge on any atom is -0.454 e. The van der Waals surface area contributed by atoms with Gasteiger partial charge >= 0.3 is 0 Å². The fraction of sp³-hybridized carbons (Fsp3) is 0. The third kappa shape index (κ3) is 3.47. The van der Waals surface area contributed by atoms with Gasteiger partial charge in [0.1, 0.15) is 5.58 Å². The van der Waals surface area contributed by atoms with Crippen LogP contribution in [0.15, 0.2) is 174 Å². The fourth-order valence-electron chi connectivity index (χ4n) is 9.03. The predicted octanol–water partition coefficient (Wildman–Crippen LogP) is 13.2. The lowest BCUT2D eigenvalue weighted by Crippen LogP contribution is -1.96. The number of aromatic nitrogens is 2. The van der Waals surface area contributed by atoms with E-state index in [9.17, 15) is 0 Å². The fourth-order valence-corrected chi connectivity index (χ4v) is 9.03. The van der Waals surface area contributed by atoms with E-state index < -0.39 is 0 Å². The quantitative estimate of drug-likeness (QED) is 0.171. The van der Waals surface area contributed by atoms with Gasteiger partial charge in [-0.1, -0.05) is 127 Å². The molecule has 12 rings (SSSR count). The zero-order chi connectivity index (χ0) is 33.2. The molecule has 0 saturated heterocycles. The van der Waals surface area contributed by atoms with Gasteiger partial charge in [-0.2, -0.15) is 0 Å². The van der Waals surface area contributed by atoms with Gasteiger partial charge in [-0.15, -0.1) is 0 Å². The highest BCUT2D eigenvalue weighted by Gasteiger charge is 2.27. The third-order valence-corrected chi connectivity index (χ3v) is 11.0. The molecule has 12 aromatic rings. The number of benzene rings is 9. The molecule has 0 fully saturated rings. The molecule has 0 aliphatic carbocycles. The van der Waals surface area contributed by atoms with E-state index in [1.165, 1.54) is 64.9 Å². The van der Waals surface area contributed by atoms with Crippen molar-refractivity contribution in [2.45, 2.75) is 0 Å². The molecule has 3 aromatic heterocycles. The summed E-state index contributed by atoms with van der Waals surface area (Å²) in [5, 5.41) is 14.7. The molecule has 0 atom stereocenters. The summed E-state index contributed by atoms with van der Waals surface area (Å²) in [5.41, 5.74) is 8.64. The van der Waals surface area contributed by atoms with Gasteiger partial charge in [0.05, 0.1) is 27.5 Å². The van der Waals surface area contributed by atoms with Crippen molar-refractivity contribution in [3.8, 4) is 11.4 Å². The van der Waals surface area contributed by atoms with Crippen molar-refractivity contribution in [1.29, 1.82) is 0 Å². The van der Waals surface area contributed by atoms with Gasteiger partial charge in [0.2, 0.25) is 0 Å². The predicted molar refractivity (Wildman–Crippen MR) is 215 cm³/mol. The van der Waals surface area contributed by atoms with E-state index in [1.807, 2.05) is 0 Å². The molecule has 0 aliphatic rings. The van der Waals surface area contributed by atoms with E-state index in [2.05, 4.69) is 179 Å². The molecule has 3 heteroatoms. The van der Waals surface area contributed by atoms with Gasteiger partial charge in [-0.3, -0.25) is 0 Å². The number of hydrogen-bond donors (Lipinski definition) is 0. The van der Waals surface area contributed by atoms with Gasteiger partial charge in [-0.25, -0.2) is 0 Å². The van der Waals surface area contributed by atoms with Crippen LogP contribution in [0.25, 0.3) is 109 Å². The number of fused-ring (bicyclic) bond motifs is 18. The van der Waals surface area contributed by atoms with E-state index in [-0.39, 0.29) is 0 Å². The van der Waals surface area contributed by atoms with Crippen molar-refractivity contribution in [3.05, 3.63) is 170 Å². The Bertz CT molecular complexity index is 3380. The molecular formula is C48H28N2O. The van der Waals surface area contributed by atoms with Crippen LogP contribution in [-0.4, -0.2) is 9.13 Å². The van der Waals surface area contributed by atoms with E-state index in [0.29, 0.717) is 0 Å². The molecule has 0 bridgehead atoms. The Morgan fingerprint density at radius 2 is 0.784 bits per heavy atom. The normalized spacial score (nSPS) is 12.3. The maximum atomic E-state index is 7.03. The summed E-state index contributed by atoms with van der Waals surface area (Å²) in [4.78, 5) is 0. The molecular weight excluding hydrogens is 621 g/mol. The van der Waals surface area contributed by atoms with Gasteiger partial charge < -0.3 is 13.6 Å². The van der Waals surface area contributed by atoms with Crippen LogP contribution in [0.2, 0.25) is 0 Å². The monoisotopic (exact) mass is 648 g/mol. The van der Waals surface area contributed by atoms with E-state index in [0.717, 1.165) is 44.3 Å². The average molecular weight is 649 g/mol. The first-order chi connectivity index (χ1) is 25.3. The van der Waals surface area contributed by atoms with Crippen molar-refractivity contribution >= 4 is 97.9 Å². The molecule has 0 radical (unpaired) electrons. The second-order valence-corrected chi connectivity index (χ2v) is 13.6. The molecule has 0 N–H and O–H groups in total. The van der Waals surface area contributed by atoms with Crippen molar-refractivity contribution < 1.29 is 4.42 Å². The summed E-state index contributed by atoms with van der Waals surface area (Å²) in [5.74, 6) is 0. The molecule has 51 heavy (non-hydrogen) atoms. The van der Waals surface area contributed by atoms with Crippen molar-refractivity contribution in [2.24, 2.45) is 0 Å². The van der Waals surface area contributed by atoms with Crippen molar-refractivity contribution in [1.82, 2.24) is 9.13 Å². The van der Waals surface area contributed by atoms with Crippen LogP contribution in [0.3, 0.4) is 0 Å². The largest absolute Gasteiger partial charge is 0.454 e. The minimum absolute atomic E-state index is 0.888. The van der Waals surface area contributed by atoms with Gasteiger partial charge in [0.15, 0.2) is 5.58 Å². The van der Waals surface area contributed by atoms with Crippen LogP contribution >= 0.6 is 0 Å². The van der Waals surface area contributed by atoms with Crippen LogP contribution in [0, 0.1) is 0 Å². The topological polar surface area (TPSA) is 23.0 Å². The highest BCUT2D eigenvalue weighted by atomic mass is 16.3. The Labute approximate surface area is 291 Å². The average Bonchev–Trinajstić information content (AvgIpc) is 3.86. The summed E-state index contributed by atoms with van der Waals surface area (Å²) in [6.07, 6.45) is 0. The van der Waals surface area contributed by atoms with Gasteiger partial charge in [0.25, 0.3) is 0 Å². The van der Waals surface area contributed by atoms with Crippen LogP contribution in [-0.2, 0) is 0 Å². The maximum Gasteiger partial charge on any atom is 0.162 e. The molecule has 0 amide bonds. The third-order valence-electron chi connectivity index (χ3n) is 11.0. The second-order valence-electron chi connectivity index (χ2n) is 13.6. The summed E-state index contributed by atoms with van der Waals surface area (Å²) < 4.78 is 11.9. The lowest BCUT2D eigenvalue weighted by atomic mass is 9.94. The second kappa shape index (κ2) is 9.87. The lowest BCUT2D eigenvalue weighted by Gasteiger charge is -2.14. The van der Waals surface area contributed by atoms with E-state index in [4.69, 9.17) is 4.42 Å². The highest BCUT2D eigenvalue weighted by Crippen LogP contribution is 2.49. The minimum atomic E-state index is 0.888. The number of hydrogen-bond acceptors (Lipinski definition) is 1. The summed E-state index contributed by atoms with van der Waals surface area (Å²) in [6.45, 7) is 0. The van der Waals surface area contributed by atoms with Crippen molar-refractivity contribution in [3.63, 3.8) is 0 Å². The first kappa shape index (κ1) is 27.0. The van der Waals surface area contributed by atoms with Crippen LogP contribution < -0.4 is 0 Å². The summed E-state index contributed by atoms with van der Waals surface area (Å²) in [6, 6.07) is 61.5. The zero-order valence-corrected chi connectivity index (χ0v) is 27.5. The van der Waals surface area contributed by atoms with Gasteiger partial charge in [-0.05, 0) is 74.8 Å². The Hall–Kier alpha value is -6.84. The van der Waals surface area contributed by atoms with Crippen LogP contribution in [0.5, 0.6) is 0 Å². The number of nitrogens with zero attached hydrogens (tertiary/aromatic N) is 2. The van der Waals surface area contributed by atoms with Gasteiger partial charge in [0, 0.05) is 38.3 Å². The first-order valence-corrected chi connectivity index (χ1v) is 17.5.